The van der Waals surface area contributed by atoms with Gasteiger partial charge >= 0.3 is 0 Å². The van der Waals surface area contributed by atoms with Gasteiger partial charge in [-0.15, -0.1) is 0 Å². The fraction of sp³-hybridized carbons (Fsp3) is 0.100. The summed E-state index contributed by atoms with van der Waals surface area (Å²) < 4.78 is 6.83. The number of aryl methyl sites for hydroxylation is 1. The maximum atomic E-state index is 13.0. The van der Waals surface area contributed by atoms with Crippen LogP contribution in [0.4, 0.5) is 11.4 Å². The summed E-state index contributed by atoms with van der Waals surface area (Å²) in [5.41, 5.74) is 10.2. The van der Waals surface area contributed by atoms with Gasteiger partial charge in [0.25, 0.3) is 17.4 Å². The van der Waals surface area contributed by atoms with Crippen molar-refractivity contribution in [2.75, 3.05) is 18.2 Å². The average Bonchev–Trinajstić information content (AvgIpc) is 3.41. The van der Waals surface area contributed by atoms with E-state index in [-0.39, 0.29) is 29.6 Å². The summed E-state index contributed by atoms with van der Waals surface area (Å²) in [5, 5.41) is 6.30. The smallest absolute Gasteiger partial charge is 0.274 e. The Bertz CT molecular complexity index is 1750. The molecule has 0 atom stereocenters. The van der Waals surface area contributed by atoms with E-state index in [1.54, 1.807) is 75.0 Å². The molecule has 0 spiro atoms. The number of pyridine rings is 1. The van der Waals surface area contributed by atoms with Crippen molar-refractivity contribution in [1.82, 2.24) is 14.9 Å². The molecule has 9 heteroatoms. The van der Waals surface area contributed by atoms with Crippen LogP contribution in [0.5, 0.6) is 5.75 Å². The third-order valence-electron chi connectivity index (χ3n) is 6.47. The van der Waals surface area contributed by atoms with Gasteiger partial charge in [0.2, 0.25) is 0 Å². The third kappa shape index (κ3) is 5.24. The number of nitrogens with one attached hydrogen (secondary N) is 3. The monoisotopic (exact) mass is 521 g/mol. The molecule has 196 valence electrons. The molecule has 9 nitrogen and oxygen atoms in total. The second kappa shape index (κ2) is 10.6. The molecule has 0 unspecified atom stereocenters. The van der Waals surface area contributed by atoms with Crippen molar-refractivity contribution in [1.29, 1.82) is 0 Å². The first-order chi connectivity index (χ1) is 18.8. The number of carbonyl (C=O) groups excluding carboxylic acids is 2. The van der Waals surface area contributed by atoms with E-state index in [9.17, 15) is 14.4 Å². The number of methoxy groups -OCH3 is 1. The summed E-state index contributed by atoms with van der Waals surface area (Å²) in [7, 11) is 3.27. The zero-order chi connectivity index (χ0) is 27.5. The first-order valence-corrected chi connectivity index (χ1v) is 12.2. The Kier molecular flexibility index (Phi) is 6.88. The number of aromatic amines is 1. The number of hydrogen-bond donors (Lipinski definition) is 4. The summed E-state index contributed by atoms with van der Waals surface area (Å²) in [5.74, 6) is 0.0527. The maximum Gasteiger partial charge on any atom is 0.274 e. The van der Waals surface area contributed by atoms with Crippen LogP contribution in [0.3, 0.4) is 0 Å². The quantitative estimate of drug-likeness (QED) is 0.237. The normalized spacial score (nSPS) is 10.8. The van der Waals surface area contributed by atoms with E-state index in [0.717, 1.165) is 16.7 Å². The number of benzene rings is 3. The van der Waals surface area contributed by atoms with Crippen molar-refractivity contribution in [2.24, 2.45) is 7.05 Å². The Morgan fingerprint density at radius 2 is 1.74 bits per heavy atom. The highest BCUT2D eigenvalue weighted by Crippen LogP contribution is 2.30. The lowest BCUT2D eigenvalue weighted by Crippen LogP contribution is -2.23. The maximum absolute atomic E-state index is 13.0. The Balaban J connectivity index is 1.31. The zero-order valence-corrected chi connectivity index (χ0v) is 21.4. The minimum atomic E-state index is -0.355. The van der Waals surface area contributed by atoms with E-state index in [1.807, 2.05) is 24.3 Å². The van der Waals surface area contributed by atoms with Crippen LogP contribution in [0.1, 0.15) is 26.4 Å². The summed E-state index contributed by atoms with van der Waals surface area (Å²) in [4.78, 5) is 41.3. The molecule has 2 amide bonds. The number of H-pyrrole nitrogens is 1. The number of aromatic nitrogens is 2. The molecular formula is C30H27N5O4. The van der Waals surface area contributed by atoms with Crippen molar-refractivity contribution in [3.63, 3.8) is 0 Å². The molecule has 0 bridgehead atoms. The molecular weight excluding hydrogens is 494 g/mol. The average molecular weight is 522 g/mol. The Labute approximate surface area is 224 Å². The Morgan fingerprint density at radius 3 is 2.49 bits per heavy atom. The zero-order valence-electron chi connectivity index (χ0n) is 21.4. The number of amides is 2. The Morgan fingerprint density at radius 1 is 0.974 bits per heavy atom. The van der Waals surface area contributed by atoms with Crippen LogP contribution >= 0.6 is 0 Å². The van der Waals surface area contributed by atoms with Crippen molar-refractivity contribution >= 4 is 34.1 Å². The number of rotatable bonds is 7. The van der Waals surface area contributed by atoms with Gasteiger partial charge in [0.05, 0.1) is 18.5 Å². The summed E-state index contributed by atoms with van der Waals surface area (Å²) in [6.45, 7) is 0.239. The van der Waals surface area contributed by atoms with Crippen LogP contribution in [0, 0.1) is 0 Å². The number of nitrogen functional groups attached to an aromatic ring is 1. The molecule has 0 saturated heterocycles. The SMILES string of the molecule is COc1cccc(-c2cn(C)c(=O)c3[nH]c(C(=O)NCc4ccc(C(=O)Nc5ccccc5N)cc4)cc23)c1. The summed E-state index contributed by atoms with van der Waals surface area (Å²) >= 11 is 0. The minimum absolute atomic E-state index is 0.234. The third-order valence-corrected chi connectivity index (χ3v) is 6.47. The van der Waals surface area contributed by atoms with Gasteiger partial charge < -0.3 is 30.7 Å². The fourth-order valence-corrected chi connectivity index (χ4v) is 4.33. The first kappa shape index (κ1) is 25.3. The van der Waals surface area contributed by atoms with Crippen LogP contribution in [0.2, 0.25) is 0 Å². The molecule has 5 aromatic rings. The number of nitrogens with two attached hydrogens (primary N) is 1. The molecule has 5 N–H and O–H groups in total. The molecule has 0 fully saturated rings. The molecule has 5 rings (SSSR count). The van der Waals surface area contributed by atoms with Crippen LogP contribution in [0.25, 0.3) is 22.0 Å². The van der Waals surface area contributed by atoms with Gasteiger partial charge in [-0.3, -0.25) is 14.4 Å². The minimum Gasteiger partial charge on any atom is -0.497 e. The molecule has 0 aliphatic carbocycles. The molecule has 0 radical (unpaired) electrons. The number of anilines is 2. The highest BCUT2D eigenvalue weighted by molar-refractivity contribution is 6.06. The van der Waals surface area contributed by atoms with Crippen LogP contribution in [-0.2, 0) is 13.6 Å². The number of carbonyl (C=O) groups is 2. The summed E-state index contributed by atoms with van der Waals surface area (Å²) in [6.07, 6.45) is 1.75. The molecule has 2 heterocycles. The standard InChI is InChI=1S/C30H27N5O4/c1-35-17-23(20-6-5-7-21(14-20)39-2)22-15-26(33-27(22)30(35)38)29(37)32-16-18-10-12-19(13-11-18)28(36)34-25-9-4-3-8-24(25)31/h3-15,17,33H,16,31H2,1-2H3,(H,32,37)(H,34,36). The Hall–Kier alpha value is -5.31. The number of fused-ring (bicyclic) bond motifs is 1. The lowest BCUT2D eigenvalue weighted by atomic mass is 10.0. The second-order valence-electron chi connectivity index (χ2n) is 9.08. The largest absolute Gasteiger partial charge is 0.497 e. The van der Waals surface area contributed by atoms with Gasteiger partial charge in [0.15, 0.2) is 0 Å². The van der Waals surface area contributed by atoms with Crippen LogP contribution < -0.4 is 26.7 Å². The van der Waals surface area contributed by atoms with E-state index < -0.39 is 0 Å². The van der Waals surface area contributed by atoms with E-state index in [4.69, 9.17) is 10.5 Å². The fourth-order valence-electron chi connectivity index (χ4n) is 4.33. The topological polar surface area (TPSA) is 131 Å². The highest BCUT2D eigenvalue weighted by atomic mass is 16.5. The van der Waals surface area contributed by atoms with Crippen molar-refractivity contribution in [3.8, 4) is 16.9 Å². The van der Waals surface area contributed by atoms with Crippen molar-refractivity contribution < 1.29 is 14.3 Å². The van der Waals surface area contributed by atoms with Gasteiger partial charge in [-0.25, -0.2) is 0 Å². The van der Waals surface area contributed by atoms with E-state index >= 15 is 0 Å². The van der Waals surface area contributed by atoms with Gasteiger partial charge in [0.1, 0.15) is 17.0 Å². The van der Waals surface area contributed by atoms with Gasteiger partial charge in [0, 0.05) is 36.3 Å². The van der Waals surface area contributed by atoms with Crippen LogP contribution in [-0.4, -0.2) is 28.5 Å². The highest BCUT2D eigenvalue weighted by Gasteiger charge is 2.17. The predicted molar refractivity (Wildman–Crippen MR) is 152 cm³/mol. The first-order valence-electron chi connectivity index (χ1n) is 12.2. The molecule has 0 aliphatic rings. The van der Waals surface area contributed by atoms with E-state index in [1.165, 1.54) is 4.57 Å². The summed E-state index contributed by atoms with van der Waals surface area (Å²) in [6, 6.07) is 23.1. The van der Waals surface area contributed by atoms with Gasteiger partial charge in [-0.2, -0.15) is 0 Å². The lowest BCUT2D eigenvalue weighted by molar-refractivity contribution is 0.0945. The van der Waals surface area contributed by atoms with Crippen LogP contribution in [0.15, 0.2) is 89.9 Å². The predicted octanol–water partition coefficient (Wildman–Crippen LogP) is 4.31. The number of ether oxygens (including phenoxy) is 1. The molecule has 0 saturated carbocycles. The number of nitrogens with zero attached hydrogens (tertiary/aromatic N) is 1. The number of hydrogen-bond acceptors (Lipinski definition) is 5. The van der Waals surface area contributed by atoms with Crippen molar-refractivity contribution in [3.05, 3.63) is 112 Å². The number of para-hydroxylation sites is 2. The molecule has 2 aromatic heterocycles. The van der Waals surface area contributed by atoms with Crippen molar-refractivity contribution in [2.45, 2.75) is 6.54 Å². The second-order valence-corrected chi connectivity index (χ2v) is 9.08. The van der Waals surface area contributed by atoms with E-state index in [0.29, 0.717) is 33.6 Å². The molecule has 0 aliphatic heterocycles. The lowest BCUT2D eigenvalue weighted by Gasteiger charge is -2.09. The van der Waals surface area contributed by atoms with Gasteiger partial charge in [-0.05, 0) is 53.6 Å². The molecule has 3 aromatic carbocycles. The van der Waals surface area contributed by atoms with E-state index in [2.05, 4.69) is 15.6 Å². The molecule has 39 heavy (non-hydrogen) atoms. The van der Waals surface area contributed by atoms with Gasteiger partial charge in [-0.1, -0.05) is 36.4 Å².